The van der Waals surface area contributed by atoms with Crippen LogP contribution in [0.5, 0.6) is 0 Å². The Labute approximate surface area is 141 Å². The molecule has 24 heavy (non-hydrogen) atoms. The first-order chi connectivity index (χ1) is 11.6. The lowest BCUT2D eigenvalue weighted by atomic mass is 10.1. The van der Waals surface area contributed by atoms with E-state index in [1.54, 1.807) is 36.4 Å². The summed E-state index contributed by atoms with van der Waals surface area (Å²) in [6.07, 6.45) is 4.93. The molecule has 3 aromatic rings. The number of amides is 1. The molecule has 0 unspecified atom stereocenters. The van der Waals surface area contributed by atoms with Crippen LogP contribution in [0.15, 0.2) is 66.9 Å². The topological polar surface area (TPSA) is 59.2 Å². The fraction of sp³-hybridized carbons (Fsp3) is 0.100. The molecule has 1 heterocycles. The average molecular weight is 317 g/mol. The van der Waals surface area contributed by atoms with Crippen LogP contribution in [0, 0.1) is 0 Å². The van der Waals surface area contributed by atoms with E-state index < -0.39 is 0 Å². The average Bonchev–Trinajstić information content (AvgIpc) is 2.61. The minimum atomic E-state index is -0.0556. The summed E-state index contributed by atoms with van der Waals surface area (Å²) < 4.78 is 0. The van der Waals surface area contributed by atoms with Crippen molar-refractivity contribution in [3.8, 4) is 0 Å². The molecular weight excluding hydrogens is 298 g/mol. The van der Waals surface area contributed by atoms with Gasteiger partial charge in [-0.15, -0.1) is 0 Å². The number of pyridine rings is 1. The van der Waals surface area contributed by atoms with Gasteiger partial charge >= 0.3 is 0 Å². The number of hydrogen-bond donors (Lipinski definition) is 1. The highest BCUT2D eigenvalue weighted by Gasteiger charge is 2.06. The molecule has 4 nitrogen and oxygen atoms in total. The second-order valence-electron chi connectivity index (χ2n) is 5.73. The Morgan fingerprint density at radius 1 is 1.12 bits per heavy atom. The Bertz CT molecular complexity index is 885. The van der Waals surface area contributed by atoms with Crippen molar-refractivity contribution < 1.29 is 4.79 Å². The standard InChI is InChI=1S/C20H19N3O/c1-23(20(24)11-8-15-7-10-19(21)22-13-15)14-16-6-9-17-4-2-3-5-18(17)12-16/h2-13H,14H2,1H3,(H2,21,22)/b11-8+. The van der Waals surface area contributed by atoms with E-state index in [-0.39, 0.29) is 5.91 Å². The van der Waals surface area contributed by atoms with Gasteiger partial charge in [-0.3, -0.25) is 4.79 Å². The molecule has 0 saturated carbocycles. The highest BCUT2D eigenvalue weighted by atomic mass is 16.2. The molecular formula is C20H19N3O. The van der Waals surface area contributed by atoms with Gasteiger partial charge in [-0.05, 0) is 46.2 Å². The van der Waals surface area contributed by atoms with E-state index in [1.165, 1.54) is 10.8 Å². The number of carbonyl (C=O) groups excluding carboxylic acids is 1. The van der Waals surface area contributed by atoms with Crippen LogP contribution in [-0.4, -0.2) is 22.8 Å². The highest BCUT2D eigenvalue weighted by Crippen LogP contribution is 2.16. The number of nitrogens with two attached hydrogens (primary N) is 1. The van der Waals surface area contributed by atoms with Gasteiger partial charge in [0.05, 0.1) is 0 Å². The second-order valence-corrected chi connectivity index (χ2v) is 5.73. The maximum atomic E-state index is 12.2. The normalized spacial score (nSPS) is 11.0. The third kappa shape index (κ3) is 3.79. The fourth-order valence-electron chi connectivity index (χ4n) is 2.50. The predicted octanol–water partition coefficient (Wildman–Crippen LogP) is 3.49. The highest BCUT2D eigenvalue weighted by molar-refractivity contribution is 5.91. The van der Waals surface area contributed by atoms with Gasteiger partial charge in [-0.25, -0.2) is 4.98 Å². The number of anilines is 1. The van der Waals surface area contributed by atoms with Crippen LogP contribution in [-0.2, 0) is 11.3 Å². The molecule has 0 aliphatic heterocycles. The molecule has 0 fully saturated rings. The molecule has 1 amide bonds. The van der Waals surface area contributed by atoms with Crippen LogP contribution < -0.4 is 5.73 Å². The van der Waals surface area contributed by atoms with Crippen LogP contribution in [0.2, 0.25) is 0 Å². The molecule has 3 rings (SSSR count). The quantitative estimate of drug-likeness (QED) is 0.749. The summed E-state index contributed by atoms with van der Waals surface area (Å²) in [7, 11) is 1.79. The molecule has 120 valence electrons. The van der Waals surface area contributed by atoms with Gasteiger partial charge in [0.25, 0.3) is 0 Å². The molecule has 1 aromatic heterocycles. The van der Waals surface area contributed by atoms with Gasteiger partial charge in [0, 0.05) is 25.9 Å². The Balaban J connectivity index is 1.67. The number of aromatic nitrogens is 1. The van der Waals surface area contributed by atoms with Gasteiger partial charge in [0.1, 0.15) is 5.82 Å². The summed E-state index contributed by atoms with van der Waals surface area (Å²) in [5, 5.41) is 2.38. The predicted molar refractivity (Wildman–Crippen MR) is 98.1 cm³/mol. The zero-order valence-corrected chi connectivity index (χ0v) is 13.5. The molecule has 0 aliphatic rings. The monoisotopic (exact) mass is 317 g/mol. The fourth-order valence-corrected chi connectivity index (χ4v) is 2.50. The van der Waals surface area contributed by atoms with E-state index in [9.17, 15) is 4.79 Å². The lowest BCUT2D eigenvalue weighted by Crippen LogP contribution is -2.24. The van der Waals surface area contributed by atoms with Crippen molar-refractivity contribution in [1.82, 2.24) is 9.88 Å². The van der Waals surface area contributed by atoms with E-state index in [1.807, 2.05) is 18.2 Å². The molecule has 0 bridgehead atoms. The number of nitrogens with zero attached hydrogens (tertiary/aromatic N) is 2. The zero-order chi connectivity index (χ0) is 16.9. The van der Waals surface area contributed by atoms with E-state index >= 15 is 0 Å². The Morgan fingerprint density at radius 2 is 1.92 bits per heavy atom. The molecule has 4 heteroatoms. The summed E-state index contributed by atoms with van der Waals surface area (Å²) in [6, 6.07) is 18.0. The smallest absolute Gasteiger partial charge is 0.246 e. The molecule has 0 atom stereocenters. The first-order valence-corrected chi connectivity index (χ1v) is 7.74. The lowest BCUT2D eigenvalue weighted by Gasteiger charge is -2.15. The minimum Gasteiger partial charge on any atom is -0.384 e. The summed E-state index contributed by atoms with van der Waals surface area (Å²) in [4.78, 5) is 17.9. The number of carbonyl (C=O) groups is 1. The SMILES string of the molecule is CN(Cc1ccc2ccccc2c1)C(=O)/C=C/c1ccc(N)nc1. The summed E-state index contributed by atoms with van der Waals surface area (Å²) in [5.74, 6) is 0.409. The molecule has 0 saturated heterocycles. The van der Waals surface area contributed by atoms with Gasteiger partial charge in [-0.1, -0.05) is 36.4 Å². The second kappa shape index (κ2) is 6.96. The van der Waals surface area contributed by atoms with Crippen molar-refractivity contribution in [3.05, 3.63) is 78.0 Å². The van der Waals surface area contributed by atoms with Gasteiger partial charge in [-0.2, -0.15) is 0 Å². The van der Waals surface area contributed by atoms with Crippen LogP contribution in [0.1, 0.15) is 11.1 Å². The number of hydrogen-bond acceptors (Lipinski definition) is 3. The number of likely N-dealkylation sites (N-methyl/N-ethyl adjacent to an activating group) is 1. The van der Waals surface area contributed by atoms with Crippen molar-refractivity contribution in [2.24, 2.45) is 0 Å². The maximum Gasteiger partial charge on any atom is 0.246 e. The van der Waals surface area contributed by atoms with E-state index in [0.717, 1.165) is 11.1 Å². The van der Waals surface area contributed by atoms with Crippen LogP contribution in [0.3, 0.4) is 0 Å². The molecule has 2 aromatic carbocycles. The maximum absolute atomic E-state index is 12.2. The van der Waals surface area contributed by atoms with E-state index in [4.69, 9.17) is 5.73 Å². The van der Waals surface area contributed by atoms with Crippen molar-refractivity contribution in [2.75, 3.05) is 12.8 Å². The Kier molecular flexibility index (Phi) is 4.57. The van der Waals surface area contributed by atoms with Crippen molar-refractivity contribution in [3.63, 3.8) is 0 Å². The van der Waals surface area contributed by atoms with Crippen LogP contribution >= 0.6 is 0 Å². The summed E-state index contributed by atoms with van der Waals surface area (Å²) >= 11 is 0. The largest absolute Gasteiger partial charge is 0.384 e. The summed E-state index contributed by atoms with van der Waals surface area (Å²) in [6.45, 7) is 0.563. The molecule has 2 N–H and O–H groups in total. The first kappa shape index (κ1) is 15.7. The first-order valence-electron chi connectivity index (χ1n) is 7.74. The van der Waals surface area contributed by atoms with E-state index in [2.05, 4.69) is 35.3 Å². The number of fused-ring (bicyclic) bond motifs is 1. The third-order valence-corrected chi connectivity index (χ3v) is 3.84. The van der Waals surface area contributed by atoms with Gasteiger partial charge in [0.15, 0.2) is 0 Å². The molecule has 0 spiro atoms. The zero-order valence-electron chi connectivity index (χ0n) is 13.5. The van der Waals surface area contributed by atoms with Crippen LogP contribution in [0.4, 0.5) is 5.82 Å². The van der Waals surface area contributed by atoms with Crippen molar-refractivity contribution in [1.29, 1.82) is 0 Å². The third-order valence-electron chi connectivity index (χ3n) is 3.84. The minimum absolute atomic E-state index is 0.0556. The summed E-state index contributed by atoms with van der Waals surface area (Å²) in [5.41, 5.74) is 7.49. The number of benzene rings is 2. The number of nitrogen functional groups attached to an aromatic ring is 1. The van der Waals surface area contributed by atoms with Crippen molar-refractivity contribution >= 4 is 28.6 Å². The molecule has 0 aliphatic carbocycles. The Hall–Kier alpha value is -3.14. The van der Waals surface area contributed by atoms with Gasteiger partial charge in [0.2, 0.25) is 5.91 Å². The Morgan fingerprint density at radius 3 is 2.67 bits per heavy atom. The lowest BCUT2D eigenvalue weighted by molar-refractivity contribution is -0.125. The van der Waals surface area contributed by atoms with Crippen molar-refractivity contribution in [2.45, 2.75) is 6.54 Å². The number of rotatable bonds is 4. The van der Waals surface area contributed by atoms with Gasteiger partial charge < -0.3 is 10.6 Å². The van der Waals surface area contributed by atoms with Crippen LogP contribution in [0.25, 0.3) is 16.8 Å². The molecule has 0 radical (unpaired) electrons. The van der Waals surface area contributed by atoms with E-state index in [0.29, 0.717) is 12.4 Å².